The number of aryl methyl sites for hydroxylation is 1. The fourth-order valence-electron chi connectivity index (χ4n) is 3.19. The minimum atomic E-state index is 0. The highest BCUT2D eigenvalue weighted by molar-refractivity contribution is 7.98. The molecule has 150 valence electrons. The largest absolute Gasteiger partial charge is 0.338 e. The minimum Gasteiger partial charge on any atom is -0.338 e. The molecular weight excluding hydrogens is 421 g/mol. The molecule has 1 saturated heterocycles. The van der Waals surface area contributed by atoms with Crippen LogP contribution in [0.25, 0.3) is 0 Å². The van der Waals surface area contributed by atoms with Gasteiger partial charge in [0.25, 0.3) is 5.91 Å². The first kappa shape index (κ1) is 24.2. The van der Waals surface area contributed by atoms with Gasteiger partial charge in [0.15, 0.2) is 0 Å². The van der Waals surface area contributed by atoms with Crippen LogP contribution in [0.2, 0.25) is 0 Å². The molecule has 2 heterocycles. The normalized spacial score (nSPS) is 17.6. The molecular formula is C19H27Cl2N3OS2. The molecule has 1 aliphatic rings. The highest BCUT2D eigenvalue weighted by atomic mass is 35.5. The second-order valence-corrected chi connectivity index (χ2v) is 8.73. The lowest BCUT2D eigenvalue weighted by molar-refractivity contribution is 0.0657. The van der Waals surface area contributed by atoms with E-state index in [9.17, 15) is 4.79 Å². The molecule has 2 aromatic rings. The Kier molecular flexibility index (Phi) is 10.1. The van der Waals surface area contributed by atoms with Gasteiger partial charge in [-0.25, -0.2) is 4.98 Å². The van der Waals surface area contributed by atoms with Crippen LogP contribution in [0.3, 0.4) is 0 Å². The second kappa shape index (κ2) is 11.3. The van der Waals surface area contributed by atoms with Crippen molar-refractivity contribution in [3.8, 4) is 0 Å². The fraction of sp³-hybridized carbons (Fsp3) is 0.474. The molecule has 0 radical (unpaired) electrons. The van der Waals surface area contributed by atoms with E-state index in [1.165, 1.54) is 0 Å². The first-order chi connectivity index (χ1) is 12.0. The van der Waals surface area contributed by atoms with Gasteiger partial charge in [-0.2, -0.15) is 0 Å². The molecule has 8 heteroatoms. The van der Waals surface area contributed by atoms with Crippen LogP contribution < -0.4 is 5.73 Å². The molecule has 1 aliphatic heterocycles. The van der Waals surface area contributed by atoms with Gasteiger partial charge in [0.2, 0.25) is 0 Å². The van der Waals surface area contributed by atoms with Crippen molar-refractivity contribution in [1.29, 1.82) is 0 Å². The van der Waals surface area contributed by atoms with Gasteiger partial charge in [0.1, 0.15) is 0 Å². The third-order valence-electron chi connectivity index (χ3n) is 4.65. The fourth-order valence-corrected chi connectivity index (χ4v) is 4.84. The van der Waals surface area contributed by atoms with E-state index in [0.717, 1.165) is 52.8 Å². The summed E-state index contributed by atoms with van der Waals surface area (Å²) in [6, 6.07) is 8.04. The Morgan fingerprint density at radius 2 is 2.15 bits per heavy atom. The van der Waals surface area contributed by atoms with Gasteiger partial charge in [-0.1, -0.05) is 12.1 Å². The van der Waals surface area contributed by atoms with E-state index in [1.807, 2.05) is 43.0 Å². The number of aromatic nitrogens is 1. The van der Waals surface area contributed by atoms with Gasteiger partial charge in [-0.05, 0) is 44.7 Å². The number of piperidine rings is 1. The van der Waals surface area contributed by atoms with E-state index in [0.29, 0.717) is 5.92 Å². The molecule has 3 rings (SSSR count). The summed E-state index contributed by atoms with van der Waals surface area (Å²) in [5, 5.41) is 3.17. The number of likely N-dealkylation sites (tertiary alicyclic amines) is 1. The number of thiazole rings is 1. The van der Waals surface area contributed by atoms with Gasteiger partial charge in [-0.15, -0.1) is 47.9 Å². The van der Waals surface area contributed by atoms with E-state index >= 15 is 0 Å². The lowest BCUT2D eigenvalue weighted by atomic mass is 9.92. The zero-order valence-electron chi connectivity index (χ0n) is 15.6. The molecule has 0 aliphatic carbocycles. The molecule has 2 unspecified atom stereocenters. The number of nitrogens with zero attached hydrogens (tertiary/aromatic N) is 2. The van der Waals surface area contributed by atoms with Gasteiger partial charge in [0.05, 0.1) is 16.3 Å². The lowest BCUT2D eigenvalue weighted by Crippen LogP contribution is -2.45. The summed E-state index contributed by atoms with van der Waals surface area (Å²) in [6.45, 7) is 5.65. The van der Waals surface area contributed by atoms with E-state index in [2.05, 4.69) is 10.4 Å². The van der Waals surface area contributed by atoms with Gasteiger partial charge >= 0.3 is 0 Å². The molecule has 27 heavy (non-hydrogen) atoms. The van der Waals surface area contributed by atoms with Crippen LogP contribution in [0.5, 0.6) is 0 Å². The zero-order chi connectivity index (χ0) is 17.8. The molecule has 0 bridgehead atoms. The summed E-state index contributed by atoms with van der Waals surface area (Å²) in [4.78, 5) is 20.6. The second-order valence-electron chi connectivity index (χ2n) is 6.66. The Morgan fingerprint density at radius 1 is 1.41 bits per heavy atom. The standard InChI is InChI=1S/C19H25N3OS2.2ClH/c1-13(20)15-6-5-9-22(10-15)19(23)17-7-3-4-8-18(17)25-12-16-11-24-14(2)21-16;;/h3-4,7-8,11,13,15H,5-6,9-10,12,20H2,1-2H3;2*1H. The molecule has 2 atom stereocenters. The molecule has 0 saturated carbocycles. The molecule has 2 N–H and O–H groups in total. The summed E-state index contributed by atoms with van der Waals surface area (Å²) in [5.74, 6) is 1.32. The van der Waals surface area contributed by atoms with Crippen LogP contribution in [0.4, 0.5) is 0 Å². The smallest absolute Gasteiger partial charge is 0.254 e. The van der Waals surface area contributed by atoms with Crippen molar-refractivity contribution in [2.45, 2.75) is 43.4 Å². The Bertz CT molecular complexity index is 739. The summed E-state index contributed by atoms with van der Waals surface area (Å²) in [5.41, 5.74) is 7.93. The number of rotatable bonds is 5. The van der Waals surface area contributed by atoms with Crippen LogP contribution in [0, 0.1) is 12.8 Å². The Balaban J connectivity index is 0.00000182. The van der Waals surface area contributed by atoms with Crippen molar-refractivity contribution < 1.29 is 4.79 Å². The first-order valence-corrected chi connectivity index (χ1v) is 10.6. The van der Waals surface area contributed by atoms with Crippen molar-refractivity contribution in [2.24, 2.45) is 11.7 Å². The first-order valence-electron chi connectivity index (χ1n) is 8.72. The Morgan fingerprint density at radius 3 is 2.81 bits per heavy atom. The third kappa shape index (κ3) is 6.36. The summed E-state index contributed by atoms with van der Waals surface area (Å²) >= 11 is 3.35. The lowest BCUT2D eigenvalue weighted by Gasteiger charge is -2.35. The van der Waals surface area contributed by atoms with Crippen molar-refractivity contribution in [2.75, 3.05) is 13.1 Å². The highest BCUT2D eigenvalue weighted by Gasteiger charge is 2.27. The predicted octanol–water partition coefficient (Wildman–Crippen LogP) is 4.79. The highest BCUT2D eigenvalue weighted by Crippen LogP contribution is 2.29. The minimum absolute atomic E-state index is 0. The summed E-state index contributed by atoms with van der Waals surface area (Å²) < 4.78 is 0. The third-order valence-corrected chi connectivity index (χ3v) is 6.58. The summed E-state index contributed by atoms with van der Waals surface area (Å²) in [6.07, 6.45) is 2.15. The van der Waals surface area contributed by atoms with Gasteiger partial charge < -0.3 is 10.6 Å². The van der Waals surface area contributed by atoms with E-state index in [4.69, 9.17) is 5.73 Å². The average Bonchev–Trinajstić information content (AvgIpc) is 3.05. The molecule has 4 nitrogen and oxygen atoms in total. The maximum Gasteiger partial charge on any atom is 0.254 e. The maximum atomic E-state index is 13.1. The van der Waals surface area contributed by atoms with Crippen molar-refractivity contribution in [1.82, 2.24) is 9.88 Å². The summed E-state index contributed by atoms with van der Waals surface area (Å²) in [7, 11) is 0. The number of carbonyl (C=O) groups excluding carboxylic acids is 1. The van der Waals surface area contributed by atoms with E-state index in [1.54, 1.807) is 23.1 Å². The van der Waals surface area contributed by atoms with Crippen molar-refractivity contribution in [3.63, 3.8) is 0 Å². The molecule has 1 aromatic carbocycles. The topological polar surface area (TPSA) is 59.2 Å². The molecule has 1 amide bonds. The quantitative estimate of drug-likeness (QED) is 0.669. The van der Waals surface area contributed by atoms with Crippen LogP contribution >= 0.6 is 47.9 Å². The van der Waals surface area contributed by atoms with Gasteiger partial charge in [0, 0.05) is 35.2 Å². The number of nitrogens with two attached hydrogens (primary N) is 1. The monoisotopic (exact) mass is 447 g/mol. The molecule has 1 aromatic heterocycles. The van der Waals surface area contributed by atoms with Crippen molar-refractivity contribution in [3.05, 3.63) is 45.9 Å². The number of thioether (sulfide) groups is 1. The van der Waals surface area contributed by atoms with Crippen LogP contribution in [-0.4, -0.2) is 34.9 Å². The van der Waals surface area contributed by atoms with E-state index in [-0.39, 0.29) is 36.8 Å². The molecule has 1 fully saturated rings. The van der Waals surface area contributed by atoms with E-state index < -0.39 is 0 Å². The number of halogens is 2. The number of benzene rings is 1. The predicted molar refractivity (Wildman–Crippen MR) is 120 cm³/mol. The Labute approximate surface area is 182 Å². The molecule has 0 spiro atoms. The van der Waals surface area contributed by atoms with Gasteiger partial charge in [-0.3, -0.25) is 4.79 Å². The maximum absolute atomic E-state index is 13.1. The number of hydrogen-bond donors (Lipinski definition) is 1. The zero-order valence-corrected chi connectivity index (χ0v) is 18.9. The number of carbonyl (C=O) groups is 1. The SMILES string of the molecule is Cc1nc(CSc2ccccc2C(=O)N2CCCC(C(C)N)C2)cs1.Cl.Cl. The number of amides is 1. The van der Waals surface area contributed by atoms with Crippen LogP contribution in [0.15, 0.2) is 34.5 Å². The number of hydrogen-bond acceptors (Lipinski definition) is 5. The van der Waals surface area contributed by atoms with Crippen LogP contribution in [-0.2, 0) is 5.75 Å². The van der Waals surface area contributed by atoms with Crippen LogP contribution in [0.1, 0.15) is 40.8 Å². The average molecular weight is 448 g/mol. The Hall–Kier alpha value is -0.790. The van der Waals surface area contributed by atoms with Crippen molar-refractivity contribution >= 4 is 53.8 Å².